The highest BCUT2D eigenvalue weighted by Gasteiger charge is 2.33. The number of amides is 2. The topological polar surface area (TPSA) is 96.0 Å². The minimum absolute atomic E-state index is 0.00113. The molecule has 0 aliphatic rings. The number of anilines is 1. The number of halogens is 1. The van der Waals surface area contributed by atoms with E-state index < -0.39 is 34.3 Å². The first kappa shape index (κ1) is 31.6. The number of benzene rings is 3. The van der Waals surface area contributed by atoms with Crippen LogP contribution in [0.25, 0.3) is 0 Å². The number of nitrogens with zero attached hydrogens (tertiary/aromatic N) is 2. The van der Waals surface area contributed by atoms with Gasteiger partial charge in [0.2, 0.25) is 11.8 Å². The lowest BCUT2D eigenvalue weighted by molar-refractivity contribution is -0.140. The van der Waals surface area contributed by atoms with E-state index in [1.807, 2.05) is 20.8 Å². The summed E-state index contributed by atoms with van der Waals surface area (Å²) >= 11 is 0. The van der Waals surface area contributed by atoms with Crippen LogP contribution in [0.1, 0.15) is 44.7 Å². The molecule has 0 heterocycles. The second-order valence-corrected chi connectivity index (χ2v) is 11.5. The average Bonchev–Trinajstić information content (AvgIpc) is 2.96. The molecule has 0 radical (unpaired) electrons. The van der Waals surface area contributed by atoms with Gasteiger partial charge in [0.1, 0.15) is 24.2 Å². The van der Waals surface area contributed by atoms with Gasteiger partial charge >= 0.3 is 0 Å². The molecule has 1 atom stereocenters. The fourth-order valence-electron chi connectivity index (χ4n) is 4.31. The van der Waals surface area contributed by atoms with E-state index in [-0.39, 0.29) is 23.0 Å². The van der Waals surface area contributed by atoms with Gasteiger partial charge in [-0.2, -0.15) is 0 Å². The molecule has 0 fully saturated rings. The highest BCUT2D eigenvalue weighted by atomic mass is 32.2. The molecule has 0 aliphatic carbocycles. The fourth-order valence-corrected chi connectivity index (χ4v) is 5.73. The molecule has 220 valence electrons. The van der Waals surface area contributed by atoms with Crippen LogP contribution in [0.4, 0.5) is 10.1 Å². The minimum Gasteiger partial charge on any atom is -0.494 e. The molecule has 0 bridgehead atoms. The normalized spacial score (nSPS) is 11.9. The van der Waals surface area contributed by atoms with Gasteiger partial charge in [-0.05, 0) is 80.8 Å². The molecule has 2 amide bonds. The van der Waals surface area contributed by atoms with E-state index in [4.69, 9.17) is 4.74 Å². The monoisotopic (exact) mass is 583 g/mol. The van der Waals surface area contributed by atoms with Gasteiger partial charge in [0.15, 0.2) is 0 Å². The van der Waals surface area contributed by atoms with Crippen molar-refractivity contribution in [2.24, 2.45) is 0 Å². The highest BCUT2D eigenvalue weighted by Crippen LogP contribution is 2.27. The Hall–Kier alpha value is -3.92. The number of carbonyl (C=O) groups is 2. The molecule has 0 aliphatic heterocycles. The zero-order valence-corrected chi connectivity index (χ0v) is 24.8. The molecular formula is C31H38FN3O5S. The Morgan fingerprint density at radius 3 is 2.12 bits per heavy atom. The zero-order chi connectivity index (χ0) is 30.0. The molecule has 0 saturated carbocycles. The molecule has 0 saturated heterocycles. The van der Waals surface area contributed by atoms with Crippen LogP contribution in [-0.4, -0.2) is 50.9 Å². The van der Waals surface area contributed by atoms with Crippen molar-refractivity contribution in [3.8, 4) is 5.75 Å². The number of carbonyl (C=O) groups excluding carboxylic acids is 2. The smallest absolute Gasteiger partial charge is 0.264 e. The van der Waals surface area contributed by atoms with Gasteiger partial charge in [-0.15, -0.1) is 0 Å². The largest absolute Gasteiger partial charge is 0.494 e. The number of hydrogen-bond donors (Lipinski definition) is 1. The van der Waals surface area contributed by atoms with Crippen molar-refractivity contribution in [2.75, 3.05) is 24.0 Å². The first-order valence-electron chi connectivity index (χ1n) is 13.7. The van der Waals surface area contributed by atoms with Crippen LogP contribution < -0.4 is 14.4 Å². The van der Waals surface area contributed by atoms with Gasteiger partial charge in [-0.25, -0.2) is 12.8 Å². The molecular weight excluding hydrogens is 545 g/mol. The molecule has 10 heteroatoms. The number of aryl methyl sites for hydroxylation is 1. The third-order valence-electron chi connectivity index (χ3n) is 6.52. The van der Waals surface area contributed by atoms with Gasteiger partial charge in [-0.1, -0.05) is 43.7 Å². The number of ether oxygens (including phenoxy) is 1. The summed E-state index contributed by atoms with van der Waals surface area (Å²) in [6.07, 6.45) is 1.02. The summed E-state index contributed by atoms with van der Waals surface area (Å²) in [5.41, 5.74) is 1.77. The maximum absolute atomic E-state index is 14.0. The molecule has 8 nitrogen and oxygen atoms in total. The average molecular weight is 584 g/mol. The number of nitrogens with one attached hydrogen (secondary N) is 1. The fraction of sp³-hybridized carbons (Fsp3) is 0.355. The molecule has 0 spiro atoms. The lowest BCUT2D eigenvalue weighted by atomic mass is 10.1. The highest BCUT2D eigenvalue weighted by molar-refractivity contribution is 7.92. The van der Waals surface area contributed by atoms with Gasteiger partial charge in [0, 0.05) is 13.1 Å². The lowest BCUT2D eigenvalue weighted by Gasteiger charge is -2.33. The quantitative estimate of drug-likeness (QED) is 0.286. The van der Waals surface area contributed by atoms with Crippen molar-refractivity contribution in [3.05, 3.63) is 89.7 Å². The van der Waals surface area contributed by atoms with Gasteiger partial charge in [-0.3, -0.25) is 13.9 Å². The summed E-state index contributed by atoms with van der Waals surface area (Å²) in [7, 11) is -4.18. The molecule has 3 aromatic carbocycles. The minimum atomic E-state index is -4.18. The van der Waals surface area contributed by atoms with Gasteiger partial charge in [0.05, 0.1) is 17.2 Å². The predicted octanol–water partition coefficient (Wildman–Crippen LogP) is 5.06. The Labute approximate surface area is 242 Å². The van der Waals surface area contributed by atoms with Crippen LogP contribution >= 0.6 is 0 Å². The van der Waals surface area contributed by atoms with E-state index >= 15 is 0 Å². The summed E-state index contributed by atoms with van der Waals surface area (Å²) < 4.78 is 48.0. The van der Waals surface area contributed by atoms with Crippen LogP contribution in [0.5, 0.6) is 5.75 Å². The van der Waals surface area contributed by atoms with Crippen molar-refractivity contribution in [2.45, 2.75) is 58.0 Å². The van der Waals surface area contributed by atoms with E-state index in [1.165, 1.54) is 29.2 Å². The SMILES string of the molecule is CCCNC(=O)[C@@H](CC)N(Cc1ccc(F)cc1)C(=O)CN(c1ccc(OCC)cc1)S(=O)(=O)c1ccc(C)cc1. The standard InChI is InChI=1S/C31H38FN3O5S/c1-5-20-33-31(37)29(6-2)34(21-24-10-12-25(32)13-11-24)30(36)22-35(26-14-16-27(17-15-26)40-7-3)41(38,39)28-18-8-23(4)9-19-28/h8-19,29H,5-7,20-22H2,1-4H3,(H,33,37)/t29-/m1/s1. The predicted molar refractivity (Wildman–Crippen MR) is 158 cm³/mol. The van der Waals surface area contributed by atoms with E-state index in [9.17, 15) is 22.4 Å². The Morgan fingerprint density at radius 2 is 1.56 bits per heavy atom. The third kappa shape index (κ3) is 8.29. The van der Waals surface area contributed by atoms with Gasteiger partial charge in [0.25, 0.3) is 10.0 Å². The Morgan fingerprint density at radius 1 is 0.927 bits per heavy atom. The zero-order valence-electron chi connectivity index (χ0n) is 24.0. The molecule has 3 aromatic rings. The summed E-state index contributed by atoms with van der Waals surface area (Å²) in [4.78, 5) is 28.5. The molecule has 41 heavy (non-hydrogen) atoms. The maximum atomic E-state index is 14.0. The lowest BCUT2D eigenvalue weighted by Crippen LogP contribution is -2.52. The summed E-state index contributed by atoms with van der Waals surface area (Å²) in [6, 6.07) is 17.6. The molecule has 3 rings (SSSR count). The Kier molecular flexibility index (Phi) is 11.3. The first-order valence-corrected chi connectivity index (χ1v) is 15.2. The summed E-state index contributed by atoms with van der Waals surface area (Å²) in [6.45, 7) is 7.74. The van der Waals surface area contributed by atoms with Crippen LogP contribution in [0.15, 0.2) is 77.7 Å². The van der Waals surface area contributed by atoms with Crippen LogP contribution in [-0.2, 0) is 26.2 Å². The van der Waals surface area contributed by atoms with E-state index in [0.717, 1.165) is 9.87 Å². The molecule has 1 N–H and O–H groups in total. The number of hydrogen-bond acceptors (Lipinski definition) is 5. The van der Waals surface area contributed by atoms with Crippen LogP contribution in [0, 0.1) is 12.7 Å². The number of sulfonamides is 1. The summed E-state index contributed by atoms with van der Waals surface area (Å²) in [5.74, 6) is -0.770. The molecule has 0 aromatic heterocycles. The van der Waals surface area contributed by atoms with E-state index in [2.05, 4.69) is 5.32 Å². The Bertz CT molecular complexity index is 1400. The van der Waals surface area contributed by atoms with Crippen LogP contribution in [0.2, 0.25) is 0 Å². The van der Waals surface area contributed by atoms with Gasteiger partial charge < -0.3 is 15.0 Å². The maximum Gasteiger partial charge on any atom is 0.264 e. The van der Waals surface area contributed by atoms with Crippen molar-refractivity contribution < 1.29 is 27.1 Å². The van der Waals surface area contributed by atoms with Crippen LogP contribution in [0.3, 0.4) is 0 Å². The molecule has 0 unspecified atom stereocenters. The van der Waals surface area contributed by atoms with Crippen molar-refractivity contribution in [1.29, 1.82) is 0 Å². The van der Waals surface area contributed by atoms with E-state index in [0.29, 0.717) is 37.3 Å². The first-order chi connectivity index (χ1) is 19.6. The number of rotatable bonds is 14. The Balaban J connectivity index is 2.04. The van der Waals surface area contributed by atoms with E-state index in [1.54, 1.807) is 55.5 Å². The van der Waals surface area contributed by atoms with Crippen molar-refractivity contribution in [3.63, 3.8) is 0 Å². The summed E-state index contributed by atoms with van der Waals surface area (Å²) in [5, 5.41) is 2.84. The van der Waals surface area contributed by atoms with Crippen molar-refractivity contribution in [1.82, 2.24) is 10.2 Å². The third-order valence-corrected chi connectivity index (χ3v) is 8.31. The van der Waals surface area contributed by atoms with Crippen molar-refractivity contribution >= 4 is 27.5 Å². The second kappa shape index (κ2) is 14.6. The second-order valence-electron chi connectivity index (χ2n) is 9.61.